The van der Waals surface area contributed by atoms with Crippen molar-refractivity contribution in [3.05, 3.63) is 29.8 Å². The predicted octanol–water partition coefficient (Wildman–Crippen LogP) is 3.69. The van der Waals surface area contributed by atoms with Gasteiger partial charge in [0.15, 0.2) is 12.4 Å². The van der Waals surface area contributed by atoms with Gasteiger partial charge in [0.05, 0.1) is 25.9 Å². The van der Waals surface area contributed by atoms with Crippen molar-refractivity contribution in [2.45, 2.75) is 78.0 Å². The standard InChI is InChI=1S/C26H38O8/c1-5-23-17(2)24(32-18(3)27)25(33-19(4)28)26(34-23)30-13-7-6-8-20-9-11-22(12-10-20)31-16-21-14-29-15-21/h9-12,17,21,23-26H,5-8,13-16H2,1-4H3. The minimum atomic E-state index is -0.793. The number of benzene rings is 1. The third-order valence-electron chi connectivity index (χ3n) is 6.27. The van der Waals surface area contributed by atoms with Crippen LogP contribution in [0.15, 0.2) is 24.3 Å². The topological polar surface area (TPSA) is 89.5 Å². The van der Waals surface area contributed by atoms with Crippen LogP contribution in [0.3, 0.4) is 0 Å². The summed E-state index contributed by atoms with van der Waals surface area (Å²) in [5, 5.41) is 0. The lowest BCUT2D eigenvalue weighted by atomic mass is 9.89. The maximum absolute atomic E-state index is 11.7. The third-order valence-corrected chi connectivity index (χ3v) is 6.27. The van der Waals surface area contributed by atoms with Crippen molar-refractivity contribution >= 4 is 11.9 Å². The molecule has 34 heavy (non-hydrogen) atoms. The molecule has 0 bridgehead atoms. The van der Waals surface area contributed by atoms with Crippen LogP contribution >= 0.6 is 0 Å². The maximum Gasteiger partial charge on any atom is 0.303 e. The summed E-state index contributed by atoms with van der Waals surface area (Å²) in [7, 11) is 0. The Hall–Kier alpha value is -2.16. The molecule has 0 N–H and O–H groups in total. The first-order valence-corrected chi connectivity index (χ1v) is 12.3. The monoisotopic (exact) mass is 478 g/mol. The second kappa shape index (κ2) is 13.1. The van der Waals surface area contributed by atoms with Gasteiger partial charge in [0.1, 0.15) is 11.9 Å². The Morgan fingerprint density at radius 2 is 1.68 bits per heavy atom. The quantitative estimate of drug-likeness (QED) is 0.332. The summed E-state index contributed by atoms with van der Waals surface area (Å²) >= 11 is 0. The van der Waals surface area contributed by atoms with E-state index >= 15 is 0 Å². The van der Waals surface area contributed by atoms with Gasteiger partial charge in [0, 0.05) is 32.3 Å². The molecule has 0 amide bonds. The van der Waals surface area contributed by atoms with Gasteiger partial charge in [0.2, 0.25) is 0 Å². The van der Waals surface area contributed by atoms with Crippen LogP contribution < -0.4 is 4.74 Å². The number of hydrogen-bond donors (Lipinski definition) is 0. The van der Waals surface area contributed by atoms with Gasteiger partial charge in [-0.25, -0.2) is 0 Å². The summed E-state index contributed by atoms with van der Waals surface area (Å²) < 4.78 is 34.0. The first kappa shape index (κ1) is 26.4. The van der Waals surface area contributed by atoms with Gasteiger partial charge in [0.25, 0.3) is 0 Å². The highest BCUT2D eigenvalue weighted by atomic mass is 16.7. The molecule has 2 heterocycles. The first-order valence-electron chi connectivity index (χ1n) is 12.3. The fraction of sp³-hybridized carbons (Fsp3) is 0.692. The summed E-state index contributed by atoms with van der Waals surface area (Å²) in [4.78, 5) is 23.4. The normalized spacial score (nSPS) is 27.0. The zero-order valence-corrected chi connectivity index (χ0v) is 20.7. The Labute approximate surface area is 202 Å². The molecule has 2 aliphatic heterocycles. The number of ether oxygens (including phenoxy) is 6. The summed E-state index contributed by atoms with van der Waals surface area (Å²) in [6.07, 6.45) is 1.08. The van der Waals surface area contributed by atoms with E-state index in [1.807, 2.05) is 26.0 Å². The van der Waals surface area contributed by atoms with Crippen LogP contribution in [0.5, 0.6) is 5.75 Å². The van der Waals surface area contributed by atoms with E-state index in [0.29, 0.717) is 19.1 Å². The van der Waals surface area contributed by atoms with Crippen LogP contribution in [-0.4, -0.2) is 63.0 Å². The molecule has 1 aromatic rings. The van der Waals surface area contributed by atoms with Gasteiger partial charge in [-0.15, -0.1) is 0 Å². The number of hydrogen-bond acceptors (Lipinski definition) is 8. The van der Waals surface area contributed by atoms with Crippen molar-refractivity contribution in [3.63, 3.8) is 0 Å². The van der Waals surface area contributed by atoms with Crippen molar-refractivity contribution in [1.29, 1.82) is 0 Å². The van der Waals surface area contributed by atoms with E-state index in [4.69, 9.17) is 28.4 Å². The fourth-order valence-corrected chi connectivity index (χ4v) is 4.30. The first-order chi connectivity index (χ1) is 16.4. The number of unbranched alkanes of at least 4 members (excludes halogenated alkanes) is 1. The minimum Gasteiger partial charge on any atom is -0.493 e. The van der Waals surface area contributed by atoms with Crippen LogP contribution in [0.1, 0.15) is 52.5 Å². The van der Waals surface area contributed by atoms with Gasteiger partial charge < -0.3 is 28.4 Å². The smallest absolute Gasteiger partial charge is 0.303 e. The highest BCUT2D eigenvalue weighted by Crippen LogP contribution is 2.32. The van der Waals surface area contributed by atoms with Gasteiger partial charge in [-0.05, 0) is 43.4 Å². The summed E-state index contributed by atoms with van der Waals surface area (Å²) in [6, 6.07) is 8.19. The summed E-state index contributed by atoms with van der Waals surface area (Å²) in [5.74, 6) is 0.389. The van der Waals surface area contributed by atoms with E-state index in [0.717, 1.165) is 44.6 Å². The molecule has 0 radical (unpaired) electrons. The van der Waals surface area contributed by atoms with Crippen molar-refractivity contribution in [3.8, 4) is 5.75 Å². The third kappa shape index (κ3) is 7.68. The number of aryl methyl sites for hydroxylation is 1. The van der Waals surface area contributed by atoms with Gasteiger partial charge in [-0.1, -0.05) is 26.0 Å². The van der Waals surface area contributed by atoms with Crippen LogP contribution in [0.4, 0.5) is 0 Å². The Kier molecular flexibility index (Phi) is 10.2. The lowest BCUT2D eigenvalue weighted by Gasteiger charge is -2.43. The van der Waals surface area contributed by atoms with Crippen LogP contribution in [-0.2, 0) is 39.7 Å². The number of carbonyl (C=O) groups excluding carboxylic acids is 2. The number of carbonyl (C=O) groups is 2. The van der Waals surface area contributed by atoms with E-state index in [9.17, 15) is 9.59 Å². The molecule has 2 fully saturated rings. The van der Waals surface area contributed by atoms with E-state index < -0.39 is 30.4 Å². The predicted molar refractivity (Wildman–Crippen MR) is 124 cm³/mol. The Morgan fingerprint density at radius 1 is 1.00 bits per heavy atom. The molecule has 2 saturated heterocycles. The van der Waals surface area contributed by atoms with Crippen molar-refractivity contribution in [2.24, 2.45) is 11.8 Å². The van der Waals surface area contributed by atoms with Crippen molar-refractivity contribution in [2.75, 3.05) is 26.4 Å². The highest BCUT2D eigenvalue weighted by Gasteiger charge is 2.47. The van der Waals surface area contributed by atoms with Crippen LogP contribution in [0.2, 0.25) is 0 Å². The SMILES string of the molecule is CCC1OC(OCCCCc2ccc(OCC3COC3)cc2)C(OC(C)=O)C(OC(C)=O)C1C. The summed E-state index contributed by atoms with van der Waals surface area (Å²) in [5.41, 5.74) is 1.24. The van der Waals surface area contributed by atoms with Crippen molar-refractivity contribution in [1.82, 2.24) is 0 Å². The Bertz CT molecular complexity index is 776. The average Bonchev–Trinajstić information content (AvgIpc) is 2.76. The van der Waals surface area contributed by atoms with Crippen molar-refractivity contribution < 1.29 is 38.0 Å². The second-order valence-electron chi connectivity index (χ2n) is 9.14. The molecule has 2 aliphatic rings. The molecule has 8 heteroatoms. The molecular formula is C26H38O8. The number of esters is 2. The van der Waals surface area contributed by atoms with E-state index in [-0.39, 0.29) is 12.0 Å². The molecule has 0 aromatic heterocycles. The van der Waals surface area contributed by atoms with Crippen LogP contribution in [0, 0.1) is 11.8 Å². The van der Waals surface area contributed by atoms with Crippen LogP contribution in [0.25, 0.3) is 0 Å². The molecule has 0 saturated carbocycles. The molecule has 1 aromatic carbocycles. The minimum absolute atomic E-state index is 0.118. The Balaban J connectivity index is 1.45. The number of rotatable bonds is 12. The lowest BCUT2D eigenvalue weighted by molar-refractivity contribution is -0.290. The zero-order chi connectivity index (χ0) is 24.5. The Morgan fingerprint density at radius 3 is 2.26 bits per heavy atom. The zero-order valence-electron chi connectivity index (χ0n) is 20.7. The summed E-state index contributed by atoms with van der Waals surface area (Å²) in [6.45, 7) is 9.35. The van der Waals surface area contributed by atoms with Gasteiger partial charge in [-0.2, -0.15) is 0 Å². The maximum atomic E-state index is 11.7. The van der Waals surface area contributed by atoms with Gasteiger partial charge in [-0.3, -0.25) is 9.59 Å². The molecular weight excluding hydrogens is 440 g/mol. The second-order valence-corrected chi connectivity index (χ2v) is 9.14. The largest absolute Gasteiger partial charge is 0.493 e. The molecule has 5 unspecified atom stereocenters. The molecule has 190 valence electrons. The fourth-order valence-electron chi connectivity index (χ4n) is 4.30. The lowest BCUT2D eigenvalue weighted by Crippen LogP contribution is -2.57. The highest BCUT2D eigenvalue weighted by molar-refractivity contribution is 5.67. The van der Waals surface area contributed by atoms with E-state index in [1.54, 1.807) is 0 Å². The molecule has 0 aliphatic carbocycles. The molecule has 3 rings (SSSR count). The van der Waals surface area contributed by atoms with Gasteiger partial charge >= 0.3 is 11.9 Å². The molecule has 8 nitrogen and oxygen atoms in total. The van der Waals surface area contributed by atoms with E-state index in [1.165, 1.54) is 19.4 Å². The molecule has 5 atom stereocenters. The molecule has 0 spiro atoms. The van der Waals surface area contributed by atoms with E-state index in [2.05, 4.69) is 12.1 Å². The average molecular weight is 479 g/mol.